The van der Waals surface area contributed by atoms with Crippen LogP contribution in [0.4, 0.5) is 0 Å². The summed E-state index contributed by atoms with van der Waals surface area (Å²) >= 11 is 0. The fourth-order valence-corrected chi connectivity index (χ4v) is 8.64. The minimum absolute atomic E-state index is 0. The zero-order valence-corrected chi connectivity index (χ0v) is 18.5. The quantitative estimate of drug-likeness (QED) is 0.518. The molecule has 1 saturated heterocycles. The van der Waals surface area contributed by atoms with Crippen molar-refractivity contribution >= 4 is 0 Å². The smallest absolute Gasteiger partial charge is 0.662 e. The van der Waals surface area contributed by atoms with E-state index in [1.165, 1.54) is 57.8 Å². The zero-order valence-electron chi connectivity index (χ0n) is 18.5. The van der Waals surface area contributed by atoms with Gasteiger partial charge in [-0.25, -0.2) is 0 Å². The normalized spacial score (nSPS) is 51.9. The number of hydrogen-bond acceptors (Lipinski definition) is 1. The molecule has 0 N–H and O–H groups in total. The van der Waals surface area contributed by atoms with E-state index in [2.05, 4.69) is 37.2 Å². The van der Waals surface area contributed by atoms with Gasteiger partial charge in [0.15, 0.2) is 0 Å². The second-order valence-corrected chi connectivity index (χ2v) is 10.7. The Morgan fingerprint density at radius 2 is 1.85 bits per heavy atom. The van der Waals surface area contributed by atoms with Gasteiger partial charge in [0.1, 0.15) is 0 Å². The van der Waals surface area contributed by atoms with Gasteiger partial charge < -0.3 is 10.2 Å². The summed E-state index contributed by atoms with van der Waals surface area (Å²) in [5, 5.41) is 4.66. The van der Waals surface area contributed by atoms with Crippen LogP contribution in [0.2, 0.25) is 0 Å². The molecule has 4 fully saturated rings. The Morgan fingerprint density at radius 3 is 2.63 bits per heavy atom. The van der Waals surface area contributed by atoms with Gasteiger partial charge in [0.2, 0.25) is 0 Å². The molecule has 0 amide bonds. The standard InChI is InChI=1S/C24H39N2.Li/c1-15-18-10-11-20-19-9-8-16-14-17(25-3)12-13-24(16,2)21(19)6-5-7-22(23(18)20)26(15)4;/h8,15,17-23H,5-7,9-14H2,1-4H3;/q-1;+1/t15-,17-,18+,19-,20-,21?,22?,23-,24-;/m0./s1. The Morgan fingerprint density at radius 1 is 1.07 bits per heavy atom. The topological polar surface area (TPSA) is 17.3 Å². The Kier molecular flexibility index (Phi) is 5.70. The molecule has 3 saturated carbocycles. The third-order valence-electron chi connectivity index (χ3n) is 10.1. The zero-order chi connectivity index (χ0) is 18.1. The number of hydrogen-bond donors (Lipinski definition) is 0. The van der Waals surface area contributed by atoms with Crippen LogP contribution >= 0.6 is 0 Å². The molecular weight excluding hydrogens is 323 g/mol. The summed E-state index contributed by atoms with van der Waals surface area (Å²) < 4.78 is 0. The monoisotopic (exact) mass is 362 g/mol. The van der Waals surface area contributed by atoms with E-state index in [0.717, 1.165) is 41.7 Å². The van der Waals surface area contributed by atoms with Crippen LogP contribution < -0.4 is 18.9 Å². The number of fused-ring (bicyclic) bond motifs is 4. The summed E-state index contributed by atoms with van der Waals surface area (Å²) in [6.45, 7) is 5.17. The molecule has 0 aromatic rings. The average molecular weight is 363 g/mol. The van der Waals surface area contributed by atoms with Crippen LogP contribution in [-0.4, -0.2) is 37.1 Å². The molecule has 9 atom stereocenters. The molecule has 146 valence electrons. The third-order valence-corrected chi connectivity index (χ3v) is 10.1. The molecule has 3 heteroatoms. The molecule has 1 aliphatic heterocycles. The van der Waals surface area contributed by atoms with E-state index in [4.69, 9.17) is 0 Å². The molecule has 5 aliphatic rings. The van der Waals surface area contributed by atoms with Gasteiger partial charge in [-0.3, -0.25) is 0 Å². The van der Waals surface area contributed by atoms with Gasteiger partial charge in [-0.05, 0) is 93.9 Å². The Bertz CT molecular complexity index is 589. The van der Waals surface area contributed by atoms with Gasteiger partial charge in [-0.2, -0.15) is 7.05 Å². The van der Waals surface area contributed by atoms with Crippen LogP contribution in [0.25, 0.3) is 5.32 Å². The summed E-state index contributed by atoms with van der Waals surface area (Å²) in [4.78, 5) is 2.78. The second-order valence-electron chi connectivity index (χ2n) is 10.7. The van der Waals surface area contributed by atoms with Crippen molar-refractivity contribution in [3.05, 3.63) is 17.0 Å². The van der Waals surface area contributed by atoms with Crippen molar-refractivity contribution in [1.29, 1.82) is 0 Å². The average Bonchev–Trinajstić information content (AvgIpc) is 3.14. The fourth-order valence-electron chi connectivity index (χ4n) is 8.64. The Hall–Kier alpha value is 0.257. The molecular formula is C24H39LiN2. The van der Waals surface area contributed by atoms with Crippen LogP contribution in [0.1, 0.15) is 71.6 Å². The minimum Gasteiger partial charge on any atom is -0.662 e. The van der Waals surface area contributed by atoms with Crippen LogP contribution in [-0.2, 0) is 0 Å². The largest absolute Gasteiger partial charge is 1.00 e. The summed E-state index contributed by atoms with van der Waals surface area (Å²) in [5.74, 6) is 4.91. The number of rotatable bonds is 1. The summed E-state index contributed by atoms with van der Waals surface area (Å²) in [6, 6.07) is 2.30. The number of allylic oxidation sites excluding steroid dienone is 1. The van der Waals surface area contributed by atoms with E-state index in [-0.39, 0.29) is 18.9 Å². The first-order chi connectivity index (χ1) is 12.5. The second kappa shape index (κ2) is 7.50. The molecule has 5 rings (SSSR count). The molecule has 0 radical (unpaired) electrons. The Labute approximate surface area is 179 Å². The van der Waals surface area contributed by atoms with Crippen molar-refractivity contribution in [2.24, 2.45) is 35.0 Å². The van der Waals surface area contributed by atoms with Gasteiger partial charge in [-0.15, -0.1) is 6.04 Å². The molecule has 4 aliphatic carbocycles. The maximum absolute atomic E-state index is 4.66. The first-order valence-electron chi connectivity index (χ1n) is 11.5. The van der Waals surface area contributed by atoms with E-state index < -0.39 is 0 Å². The van der Waals surface area contributed by atoms with Gasteiger partial charge in [0, 0.05) is 12.1 Å². The third kappa shape index (κ3) is 2.96. The molecule has 0 spiro atoms. The predicted molar refractivity (Wildman–Crippen MR) is 109 cm³/mol. The van der Waals surface area contributed by atoms with E-state index in [0.29, 0.717) is 11.5 Å². The van der Waals surface area contributed by atoms with Crippen molar-refractivity contribution < 1.29 is 18.9 Å². The number of likely N-dealkylation sites (tertiary alicyclic amines) is 1. The molecule has 2 unspecified atom stereocenters. The van der Waals surface area contributed by atoms with Crippen LogP contribution in [0.3, 0.4) is 0 Å². The molecule has 2 nitrogen and oxygen atoms in total. The van der Waals surface area contributed by atoms with Gasteiger partial charge in [-0.1, -0.05) is 31.4 Å². The fraction of sp³-hybridized carbons (Fsp3) is 0.917. The van der Waals surface area contributed by atoms with Crippen molar-refractivity contribution in [3.8, 4) is 0 Å². The summed E-state index contributed by atoms with van der Waals surface area (Å²) in [7, 11) is 4.46. The molecule has 27 heavy (non-hydrogen) atoms. The van der Waals surface area contributed by atoms with E-state index >= 15 is 0 Å². The maximum Gasteiger partial charge on any atom is 1.00 e. The van der Waals surface area contributed by atoms with Crippen LogP contribution in [0.5, 0.6) is 0 Å². The molecule has 0 aromatic carbocycles. The van der Waals surface area contributed by atoms with E-state index in [1.54, 1.807) is 5.57 Å². The van der Waals surface area contributed by atoms with E-state index in [9.17, 15) is 0 Å². The SMILES string of the molecule is C[N-][C@H]1CC[C@@]2(C)C(=CC[C@@H]3C2CCCC2[C@@H]4[C@H]3CC[C@@H]4[C@H](C)N2C)C1.[Li+]. The summed E-state index contributed by atoms with van der Waals surface area (Å²) in [5.41, 5.74) is 2.29. The first-order valence-corrected chi connectivity index (χ1v) is 11.5. The number of nitrogens with zero attached hydrogens (tertiary/aromatic N) is 2. The van der Waals surface area contributed by atoms with E-state index in [1.807, 2.05) is 7.05 Å². The van der Waals surface area contributed by atoms with Crippen LogP contribution in [0, 0.1) is 35.0 Å². The maximum atomic E-state index is 4.66. The molecule has 0 aromatic heterocycles. The van der Waals surface area contributed by atoms with Gasteiger partial charge in [0.05, 0.1) is 0 Å². The Balaban J connectivity index is 0.00000180. The van der Waals surface area contributed by atoms with Crippen molar-refractivity contribution in [2.45, 2.75) is 89.8 Å². The van der Waals surface area contributed by atoms with Crippen molar-refractivity contribution in [3.63, 3.8) is 0 Å². The van der Waals surface area contributed by atoms with Gasteiger partial charge >= 0.3 is 18.9 Å². The molecule has 0 bridgehead atoms. The summed E-state index contributed by atoms with van der Waals surface area (Å²) in [6.07, 6.45) is 15.5. The van der Waals surface area contributed by atoms with Crippen molar-refractivity contribution in [1.82, 2.24) is 4.90 Å². The minimum atomic E-state index is 0. The predicted octanol–water partition coefficient (Wildman–Crippen LogP) is 2.64. The molecule has 1 heterocycles. The van der Waals surface area contributed by atoms with Gasteiger partial charge in [0.25, 0.3) is 0 Å². The first kappa shape index (κ1) is 20.5. The van der Waals surface area contributed by atoms with Crippen molar-refractivity contribution in [2.75, 3.05) is 14.1 Å². The van der Waals surface area contributed by atoms with Crippen LogP contribution in [0.15, 0.2) is 11.6 Å².